The van der Waals surface area contributed by atoms with E-state index in [1.807, 2.05) is 0 Å². The Labute approximate surface area is 152 Å². The summed E-state index contributed by atoms with van der Waals surface area (Å²) in [4.78, 5) is 5.39. The van der Waals surface area contributed by atoms with Crippen LogP contribution in [0.3, 0.4) is 0 Å². The first-order chi connectivity index (χ1) is 8.18. The largest absolute Gasteiger partial charge is 4.00 e. The summed E-state index contributed by atoms with van der Waals surface area (Å²) in [6, 6.07) is 0.734. The maximum atomic E-state index is 5.39. The summed E-state index contributed by atoms with van der Waals surface area (Å²) in [5.41, 5.74) is 1.01. The van der Waals surface area contributed by atoms with Gasteiger partial charge in [0.25, 0.3) is 0 Å². The molecule has 0 amide bonds. The Kier molecular flexibility index (Phi) is 17.0. The zero-order chi connectivity index (χ0) is 12.1. The third kappa shape index (κ3) is 8.93. The van der Waals surface area contributed by atoms with E-state index >= 15 is 0 Å². The molecule has 0 atom stereocenters. The predicted molar refractivity (Wildman–Crippen MR) is 98.4 cm³/mol. The first-order valence-electron chi connectivity index (χ1n) is 7.90. The molecule has 3 heteroatoms. The predicted octanol–water partition coefficient (Wildman–Crippen LogP) is 6.97. The molecule has 0 spiro atoms. The van der Waals surface area contributed by atoms with E-state index in [0.29, 0.717) is 0 Å². The maximum absolute atomic E-state index is 5.39. The molecule has 124 valence electrons. The van der Waals surface area contributed by atoms with Gasteiger partial charge in [-0.2, -0.15) is 0 Å². The number of hydrogen-bond donors (Lipinski definition) is 0. The van der Waals surface area contributed by atoms with Gasteiger partial charge in [0.2, 0.25) is 0 Å². The zero-order valence-corrected chi connectivity index (χ0v) is 17.9. The quantitative estimate of drug-likeness (QED) is 0.387. The molecule has 0 aromatic rings. The second kappa shape index (κ2) is 13.3. The average Bonchev–Trinajstić information content (AvgIpc) is 2.75. The van der Waals surface area contributed by atoms with Crippen LogP contribution in [0.4, 0.5) is 0 Å². The van der Waals surface area contributed by atoms with Crippen molar-refractivity contribution in [1.29, 1.82) is 0 Å². The maximum Gasteiger partial charge on any atom is 4.00 e. The van der Waals surface area contributed by atoms with Crippen molar-refractivity contribution in [2.45, 2.75) is 95.3 Å². The van der Waals surface area contributed by atoms with Crippen molar-refractivity contribution in [3.63, 3.8) is 0 Å². The summed E-state index contributed by atoms with van der Waals surface area (Å²) in [5.74, 6) is 0. The summed E-state index contributed by atoms with van der Waals surface area (Å²) < 4.78 is 0. The Morgan fingerprint density at radius 3 is 1.52 bits per heavy atom. The molecule has 2 saturated carbocycles. The minimum Gasteiger partial charge on any atom is -0.662 e. The van der Waals surface area contributed by atoms with E-state index in [2.05, 4.69) is 13.1 Å². The van der Waals surface area contributed by atoms with Crippen LogP contribution >= 0.6 is 0 Å². The summed E-state index contributed by atoms with van der Waals surface area (Å²) in [6.07, 6.45) is 15.9. The van der Waals surface area contributed by atoms with Crippen LogP contribution in [-0.4, -0.2) is 14.3 Å². The van der Waals surface area contributed by atoms with Crippen molar-refractivity contribution in [3.8, 4) is 0 Å². The van der Waals surface area contributed by atoms with Crippen LogP contribution in [0.5, 0.6) is 0 Å². The van der Waals surface area contributed by atoms with Gasteiger partial charge in [0, 0.05) is 0 Å². The zero-order valence-electron chi connectivity index (χ0n) is 15.4. The smallest absolute Gasteiger partial charge is 0.662 e. The molecule has 0 radical (unpaired) electrons. The summed E-state index contributed by atoms with van der Waals surface area (Å²) in [6.45, 7) is 5.06. The standard InChI is InChI=1S/C15H30NSi.3CH3.Ti/c1-17(2,15-12-8-9-13-15)16-14-10-6-4-3-5-7-11-14;;;;/h14-15H,3-13H2,1-2H3;3*1H3;/q4*-1;+4. The molecule has 0 N–H and O–H groups in total. The monoisotopic (exact) mass is 345 g/mol. The molecule has 2 aliphatic rings. The van der Waals surface area contributed by atoms with Crippen molar-refractivity contribution in [2.24, 2.45) is 0 Å². The minimum absolute atomic E-state index is 0. The Hall–Kier alpha value is 0.891. The van der Waals surface area contributed by atoms with Gasteiger partial charge in [0.05, 0.1) is 0 Å². The van der Waals surface area contributed by atoms with Crippen molar-refractivity contribution in [1.82, 2.24) is 0 Å². The van der Waals surface area contributed by atoms with Gasteiger partial charge in [0.15, 0.2) is 0 Å². The van der Waals surface area contributed by atoms with E-state index in [0.717, 1.165) is 11.6 Å². The third-order valence-corrected chi connectivity index (χ3v) is 8.55. The second-order valence-electron chi connectivity index (χ2n) is 6.76. The minimum atomic E-state index is -1.27. The van der Waals surface area contributed by atoms with Crippen LogP contribution in [0.2, 0.25) is 18.6 Å². The second-order valence-corrected chi connectivity index (χ2v) is 11.1. The van der Waals surface area contributed by atoms with Crippen molar-refractivity contribution in [2.75, 3.05) is 0 Å². The van der Waals surface area contributed by atoms with Crippen LogP contribution in [-0.2, 0) is 21.7 Å². The fourth-order valence-corrected chi connectivity index (χ4v) is 7.00. The molecule has 0 bridgehead atoms. The molecule has 0 aromatic carbocycles. The molecular weight excluding hydrogens is 306 g/mol. The van der Waals surface area contributed by atoms with Gasteiger partial charge in [-0.25, -0.2) is 0 Å². The SMILES string of the molecule is C[Si](C)([N-]C1CCCCCCC1)C1CCCC1.[CH3-].[CH3-].[CH3-].[Ti+4]. The topological polar surface area (TPSA) is 14.1 Å². The van der Waals surface area contributed by atoms with Gasteiger partial charge in [-0.3, -0.25) is 0 Å². The molecule has 21 heavy (non-hydrogen) atoms. The normalized spacial score (nSPS) is 20.9. The fourth-order valence-electron chi connectivity index (χ4n) is 3.77. The average molecular weight is 345 g/mol. The first kappa shape index (κ1) is 26.8. The van der Waals surface area contributed by atoms with Crippen molar-refractivity contribution in [3.05, 3.63) is 27.3 Å². The van der Waals surface area contributed by atoms with Gasteiger partial charge < -0.3 is 27.3 Å². The van der Waals surface area contributed by atoms with E-state index in [1.54, 1.807) is 0 Å². The Morgan fingerprint density at radius 2 is 1.05 bits per heavy atom. The van der Waals surface area contributed by atoms with Crippen LogP contribution in [0, 0.1) is 22.3 Å². The molecule has 0 unspecified atom stereocenters. The Balaban J connectivity index is -0.000000810. The number of nitrogens with zero attached hydrogens (tertiary/aromatic N) is 1. The molecule has 0 heterocycles. The van der Waals surface area contributed by atoms with Crippen LogP contribution in [0.25, 0.3) is 4.98 Å². The molecule has 1 nitrogen and oxygen atoms in total. The fraction of sp³-hybridized carbons (Fsp3) is 0.833. The van der Waals surface area contributed by atoms with E-state index in [9.17, 15) is 0 Å². The van der Waals surface area contributed by atoms with E-state index < -0.39 is 8.24 Å². The molecule has 0 aliphatic heterocycles. The van der Waals surface area contributed by atoms with E-state index in [4.69, 9.17) is 4.98 Å². The summed E-state index contributed by atoms with van der Waals surface area (Å²) >= 11 is 0. The number of rotatable bonds is 3. The van der Waals surface area contributed by atoms with Crippen LogP contribution in [0.1, 0.15) is 70.6 Å². The van der Waals surface area contributed by atoms with Crippen molar-refractivity contribution >= 4 is 8.24 Å². The molecular formula is C18H39NSiTi. The number of hydrogen-bond acceptors (Lipinski definition) is 0. The van der Waals surface area contributed by atoms with Crippen LogP contribution in [0.15, 0.2) is 0 Å². The van der Waals surface area contributed by atoms with E-state index in [1.165, 1.54) is 70.6 Å². The van der Waals surface area contributed by atoms with Crippen LogP contribution < -0.4 is 0 Å². The van der Waals surface area contributed by atoms with E-state index in [-0.39, 0.29) is 44.0 Å². The van der Waals surface area contributed by atoms with Gasteiger partial charge >= 0.3 is 21.7 Å². The first-order valence-corrected chi connectivity index (χ1v) is 10.9. The summed E-state index contributed by atoms with van der Waals surface area (Å²) in [5, 5.41) is 0. The van der Waals surface area contributed by atoms with Gasteiger partial charge in [-0.1, -0.05) is 97.5 Å². The molecule has 2 aliphatic carbocycles. The Morgan fingerprint density at radius 1 is 0.667 bits per heavy atom. The van der Waals surface area contributed by atoms with Gasteiger partial charge in [-0.15, -0.1) is 6.04 Å². The van der Waals surface area contributed by atoms with Gasteiger partial charge in [-0.05, 0) is 0 Å². The molecule has 2 fully saturated rings. The van der Waals surface area contributed by atoms with Crippen molar-refractivity contribution < 1.29 is 21.7 Å². The molecule has 0 saturated heterocycles. The van der Waals surface area contributed by atoms with Gasteiger partial charge in [0.1, 0.15) is 0 Å². The Bertz CT molecular complexity index is 219. The third-order valence-electron chi connectivity index (χ3n) is 4.94. The summed E-state index contributed by atoms with van der Waals surface area (Å²) in [7, 11) is -1.27. The molecule has 0 aromatic heterocycles. The molecule has 2 rings (SSSR count).